The van der Waals surface area contributed by atoms with E-state index in [0.717, 1.165) is 16.4 Å². The Morgan fingerprint density at radius 1 is 0.903 bits per heavy atom. The first kappa shape index (κ1) is 22.4. The first-order chi connectivity index (χ1) is 14.6. The Bertz CT molecular complexity index is 1150. The van der Waals surface area contributed by atoms with Crippen LogP contribution in [0.3, 0.4) is 0 Å². The van der Waals surface area contributed by atoms with Crippen molar-refractivity contribution in [2.75, 3.05) is 9.62 Å². The fourth-order valence-corrected chi connectivity index (χ4v) is 4.37. The number of amides is 1. The van der Waals surface area contributed by atoms with Crippen LogP contribution in [0.25, 0.3) is 0 Å². The highest BCUT2D eigenvalue weighted by atomic mass is 32.2. The van der Waals surface area contributed by atoms with E-state index >= 15 is 0 Å². The fraction of sp³-hybridized carbons (Fsp3) is 0.136. The molecule has 1 N–H and O–H groups in total. The van der Waals surface area contributed by atoms with E-state index in [-0.39, 0.29) is 17.3 Å². The average molecular weight is 448 g/mol. The predicted octanol–water partition coefficient (Wildman–Crippen LogP) is 5.06. The number of carbonyl (C=O) groups excluding carboxylic acids is 1. The van der Waals surface area contributed by atoms with E-state index in [1.54, 1.807) is 30.3 Å². The number of benzene rings is 3. The van der Waals surface area contributed by atoms with Crippen molar-refractivity contribution in [3.8, 4) is 0 Å². The lowest BCUT2D eigenvalue weighted by molar-refractivity contribution is -0.137. The van der Waals surface area contributed by atoms with Crippen molar-refractivity contribution in [2.45, 2.75) is 24.5 Å². The lowest BCUT2D eigenvalue weighted by Gasteiger charge is -2.25. The summed E-state index contributed by atoms with van der Waals surface area (Å²) in [6, 6.07) is 18.3. The quantitative estimate of drug-likeness (QED) is 0.573. The van der Waals surface area contributed by atoms with Crippen molar-refractivity contribution < 1.29 is 26.4 Å². The van der Waals surface area contributed by atoms with Crippen LogP contribution in [0.2, 0.25) is 0 Å². The van der Waals surface area contributed by atoms with E-state index < -0.39 is 21.8 Å². The summed E-state index contributed by atoms with van der Waals surface area (Å²) in [4.78, 5) is 11.2. The van der Waals surface area contributed by atoms with Gasteiger partial charge in [-0.1, -0.05) is 30.3 Å². The molecule has 5 nitrogen and oxygen atoms in total. The van der Waals surface area contributed by atoms with Gasteiger partial charge in [-0.2, -0.15) is 13.2 Å². The van der Waals surface area contributed by atoms with Gasteiger partial charge in [0.05, 0.1) is 22.7 Å². The van der Waals surface area contributed by atoms with E-state index in [0.29, 0.717) is 16.9 Å². The number of sulfonamides is 1. The van der Waals surface area contributed by atoms with Gasteiger partial charge in [-0.15, -0.1) is 0 Å². The Morgan fingerprint density at radius 2 is 1.48 bits per heavy atom. The van der Waals surface area contributed by atoms with Gasteiger partial charge in [0.15, 0.2) is 0 Å². The molecular weight excluding hydrogens is 429 g/mol. The van der Waals surface area contributed by atoms with Gasteiger partial charge >= 0.3 is 6.18 Å². The number of nitrogens with zero attached hydrogens (tertiary/aromatic N) is 1. The number of carbonyl (C=O) groups is 1. The standard InChI is InChI=1S/C22H19F3N2O3S/c1-16(28)26-19-11-13-21(14-12-19)31(29,30)27(20-5-3-2-4-6-20)15-17-7-9-18(10-8-17)22(23,24)25/h2-14H,15H2,1H3,(H,26,28). The average Bonchev–Trinajstić information content (AvgIpc) is 2.72. The molecule has 0 aliphatic carbocycles. The van der Waals surface area contributed by atoms with Gasteiger partial charge in [0.1, 0.15) is 0 Å². The Hall–Kier alpha value is -3.33. The SMILES string of the molecule is CC(=O)Nc1ccc(S(=O)(=O)N(Cc2ccc(C(F)(F)F)cc2)c2ccccc2)cc1. The normalized spacial score (nSPS) is 11.7. The second-order valence-corrected chi connectivity index (χ2v) is 8.61. The molecule has 31 heavy (non-hydrogen) atoms. The van der Waals surface area contributed by atoms with Crippen molar-refractivity contribution in [1.82, 2.24) is 0 Å². The largest absolute Gasteiger partial charge is 0.416 e. The summed E-state index contributed by atoms with van der Waals surface area (Å²) in [6.45, 7) is 1.18. The van der Waals surface area contributed by atoms with Crippen LogP contribution in [-0.2, 0) is 27.5 Å². The molecule has 0 heterocycles. The summed E-state index contributed by atoms with van der Waals surface area (Å²) < 4.78 is 66.3. The van der Waals surface area contributed by atoms with Crippen LogP contribution >= 0.6 is 0 Å². The summed E-state index contributed by atoms with van der Waals surface area (Å²) in [5.41, 5.74) is 0.406. The van der Waals surface area contributed by atoms with Gasteiger partial charge in [0, 0.05) is 12.6 Å². The van der Waals surface area contributed by atoms with Crippen LogP contribution in [0.5, 0.6) is 0 Å². The van der Waals surface area contributed by atoms with Crippen LogP contribution in [0, 0.1) is 0 Å². The number of hydrogen-bond donors (Lipinski definition) is 1. The monoisotopic (exact) mass is 448 g/mol. The molecule has 0 fully saturated rings. The van der Waals surface area contributed by atoms with Gasteiger partial charge in [-0.05, 0) is 54.1 Å². The van der Waals surface area contributed by atoms with Crippen molar-refractivity contribution in [1.29, 1.82) is 0 Å². The summed E-state index contributed by atoms with van der Waals surface area (Å²) in [5.74, 6) is -0.288. The second-order valence-electron chi connectivity index (χ2n) is 6.75. The first-order valence-electron chi connectivity index (χ1n) is 9.19. The summed E-state index contributed by atoms with van der Waals surface area (Å²) in [7, 11) is -4.04. The number of rotatable bonds is 6. The molecule has 9 heteroatoms. The van der Waals surface area contributed by atoms with Crippen molar-refractivity contribution >= 4 is 27.3 Å². The molecule has 3 rings (SSSR count). The Balaban J connectivity index is 1.96. The molecule has 0 aliphatic heterocycles. The van der Waals surface area contributed by atoms with Gasteiger partial charge in [-0.25, -0.2) is 8.42 Å². The van der Waals surface area contributed by atoms with E-state index in [1.165, 1.54) is 43.3 Å². The molecule has 1 amide bonds. The number of anilines is 2. The minimum absolute atomic E-state index is 0.0163. The minimum atomic E-state index is -4.47. The number of halogens is 3. The molecule has 0 bridgehead atoms. The van der Waals surface area contributed by atoms with Gasteiger partial charge in [0.2, 0.25) is 5.91 Å². The highest BCUT2D eigenvalue weighted by Gasteiger charge is 2.30. The lowest BCUT2D eigenvalue weighted by Crippen LogP contribution is -2.30. The van der Waals surface area contributed by atoms with Crippen LogP contribution in [0.4, 0.5) is 24.5 Å². The van der Waals surface area contributed by atoms with Crippen LogP contribution in [-0.4, -0.2) is 14.3 Å². The van der Waals surface area contributed by atoms with E-state index in [4.69, 9.17) is 0 Å². The summed E-state index contributed by atoms with van der Waals surface area (Å²) >= 11 is 0. The maximum absolute atomic E-state index is 13.4. The Kier molecular flexibility index (Phi) is 6.35. The number of hydrogen-bond acceptors (Lipinski definition) is 3. The third-order valence-electron chi connectivity index (χ3n) is 4.41. The third-order valence-corrected chi connectivity index (χ3v) is 6.20. The van der Waals surface area contributed by atoms with Crippen molar-refractivity contribution in [2.24, 2.45) is 0 Å². The molecule has 0 saturated heterocycles. The molecule has 0 saturated carbocycles. The summed E-state index contributed by atoms with van der Waals surface area (Å²) in [5, 5.41) is 2.56. The van der Waals surface area contributed by atoms with Gasteiger partial charge < -0.3 is 5.32 Å². The molecule has 0 aliphatic rings. The topological polar surface area (TPSA) is 66.5 Å². The van der Waals surface area contributed by atoms with E-state index in [9.17, 15) is 26.4 Å². The smallest absolute Gasteiger partial charge is 0.326 e. The van der Waals surface area contributed by atoms with E-state index in [1.807, 2.05) is 0 Å². The Labute approximate surface area is 178 Å². The van der Waals surface area contributed by atoms with Crippen LogP contribution < -0.4 is 9.62 Å². The zero-order chi connectivity index (χ0) is 22.6. The first-order valence-corrected chi connectivity index (χ1v) is 10.6. The van der Waals surface area contributed by atoms with Gasteiger partial charge in [-0.3, -0.25) is 9.10 Å². The third kappa shape index (κ3) is 5.43. The zero-order valence-electron chi connectivity index (χ0n) is 16.4. The fourth-order valence-electron chi connectivity index (χ4n) is 2.92. The molecule has 0 spiro atoms. The number of para-hydroxylation sites is 1. The van der Waals surface area contributed by atoms with Crippen molar-refractivity contribution in [3.63, 3.8) is 0 Å². The molecule has 3 aromatic carbocycles. The van der Waals surface area contributed by atoms with E-state index in [2.05, 4.69) is 5.32 Å². The molecule has 0 unspecified atom stereocenters. The highest BCUT2D eigenvalue weighted by Crippen LogP contribution is 2.31. The molecule has 3 aromatic rings. The number of alkyl halides is 3. The van der Waals surface area contributed by atoms with Crippen molar-refractivity contribution in [3.05, 3.63) is 90.0 Å². The molecular formula is C22H19F3N2O3S. The minimum Gasteiger partial charge on any atom is -0.326 e. The molecule has 162 valence electrons. The second kappa shape index (κ2) is 8.81. The molecule has 0 radical (unpaired) electrons. The lowest BCUT2D eigenvalue weighted by atomic mass is 10.1. The predicted molar refractivity (Wildman–Crippen MR) is 112 cm³/mol. The number of nitrogens with one attached hydrogen (secondary N) is 1. The zero-order valence-corrected chi connectivity index (χ0v) is 17.2. The summed E-state index contributed by atoms with van der Waals surface area (Å²) in [6.07, 6.45) is -4.47. The van der Waals surface area contributed by atoms with Crippen LogP contribution in [0.1, 0.15) is 18.1 Å². The maximum atomic E-state index is 13.4. The highest BCUT2D eigenvalue weighted by molar-refractivity contribution is 7.92. The molecule has 0 atom stereocenters. The van der Waals surface area contributed by atoms with Gasteiger partial charge in [0.25, 0.3) is 10.0 Å². The maximum Gasteiger partial charge on any atom is 0.416 e. The van der Waals surface area contributed by atoms with Crippen LogP contribution in [0.15, 0.2) is 83.8 Å². The molecule has 0 aromatic heterocycles. The Morgan fingerprint density at radius 3 is 2.00 bits per heavy atom.